The Morgan fingerprint density at radius 3 is 2.45 bits per heavy atom. The first kappa shape index (κ1) is 15.8. The van der Waals surface area contributed by atoms with Gasteiger partial charge in [0.25, 0.3) is 5.91 Å². The topological polar surface area (TPSA) is 51.5 Å². The Kier molecular flexibility index (Phi) is 5.36. The summed E-state index contributed by atoms with van der Waals surface area (Å²) < 4.78 is 6.76. The predicted molar refractivity (Wildman–Crippen MR) is 83.2 cm³/mol. The highest BCUT2D eigenvalue weighted by Gasteiger charge is 2.16. The number of likely N-dealkylation sites (N-methyl/N-ethyl adjacent to an activating group) is 1. The normalized spacial score (nSPS) is 10.3. The third kappa shape index (κ3) is 3.97. The van der Waals surface area contributed by atoms with Crippen molar-refractivity contribution in [1.82, 2.24) is 9.47 Å². The second kappa shape index (κ2) is 7.45. The SMILES string of the molecule is CCN(Cc1ccccc1)C(=O)COC(=O)c1cccn1C. The smallest absolute Gasteiger partial charge is 0.355 e. The van der Waals surface area contributed by atoms with E-state index in [4.69, 9.17) is 4.74 Å². The highest BCUT2D eigenvalue weighted by Crippen LogP contribution is 2.06. The first-order chi connectivity index (χ1) is 10.6. The number of esters is 1. The van der Waals surface area contributed by atoms with Gasteiger partial charge >= 0.3 is 5.97 Å². The molecule has 0 atom stereocenters. The molecule has 1 aromatic carbocycles. The van der Waals surface area contributed by atoms with Crippen LogP contribution >= 0.6 is 0 Å². The van der Waals surface area contributed by atoms with E-state index in [0.717, 1.165) is 5.56 Å². The van der Waals surface area contributed by atoms with Crippen LogP contribution in [0.4, 0.5) is 0 Å². The molecule has 0 unspecified atom stereocenters. The molecule has 0 fully saturated rings. The fourth-order valence-electron chi connectivity index (χ4n) is 2.15. The van der Waals surface area contributed by atoms with Gasteiger partial charge in [-0.05, 0) is 24.6 Å². The van der Waals surface area contributed by atoms with Crippen molar-refractivity contribution in [3.05, 3.63) is 59.9 Å². The van der Waals surface area contributed by atoms with Gasteiger partial charge in [0.15, 0.2) is 6.61 Å². The van der Waals surface area contributed by atoms with Crippen LogP contribution in [0.3, 0.4) is 0 Å². The van der Waals surface area contributed by atoms with Gasteiger partial charge in [0.1, 0.15) is 5.69 Å². The summed E-state index contributed by atoms with van der Waals surface area (Å²) in [7, 11) is 1.76. The van der Waals surface area contributed by atoms with E-state index in [9.17, 15) is 9.59 Å². The number of hydrogen-bond donors (Lipinski definition) is 0. The highest BCUT2D eigenvalue weighted by atomic mass is 16.5. The van der Waals surface area contributed by atoms with Crippen LogP contribution in [0.1, 0.15) is 23.0 Å². The molecular weight excluding hydrogens is 280 g/mol. The van der Waals surface area contributed by atoms with Gasteiger partial charge in [-0.2, -0.15) is 0 Å². The summed E-state index contributed by atoms with van der Waals surface area (Å²) >= 11 is 0. The average Bonchev–Trinajstić information content (AvgIpc) is 2.97. The summed E-state index contributed by atoms with van der Waals surface area (Å²) in [5, 5.41) is 0. The van der Waals surface area contributed by atoms with E-state index < -0.39 is 5.97 Å². The molecule has 0 saturated carbocycles. The Morgan fingerprint density at radius 1 is 1.14 bits per heavy atom. The van der Waals surface area contributed by atoms with E-state index >= 15 is 0 Å². The highest BCUT2D eigenvalue weighted by molar-refractivity contribution is 5.89. The van der Waals surface area contributed by atoms with E-state index in [-0.39, 0.29) is 12.5 Å². The van der Waals surface area contributed by atoms with Gasteiger partial charge in [-0.15, -0.1) is 0 Å². The van der Waals surface area contributed by atoms with Crippen molar-refractivity contribution in [1.29, 1.82) is 0 Å². The van der Waals surface area contributed by atoms with Crippen molar-refractivity contribution < 1.29 is 14.3 Å². The fraction of sp³-hybridized carbons (Fsp3) is 0.294. The molecule has 0 bridgehead atoms. The molecule has 5 nitrogen and oxygen atoms in total. The van der Waals surface area contributed by atoms with Gasteiger partial charge in [-0.25, -0.2) is 4.79 Å². The van der Waals surface area contributed by atoms with Crippen LogP contribution in [-0.4, -0.2) is 34.5 Å². The molecular formula is C17H20N2O3. The Hall–Kier alpha value is -2.56. The predicted octanol–water partition coefficient (Wildman–Crippen LogP) is 2.23. The van der Waals surface area contributed by atoms with Crippen molar-refractivity contribution >= 4 is 11.9 Å². The summed E-state index contributed by atoms with van der Waals surface area (Å²) in [5.74, 6) is -0.689. The summed E-state index contributed by atoms with van der Waals surface area (Å²) in [5.41, 5.74) is 1.48. The van der Waals surface area contributed by atoms with Crippen LogP contribution in [0.25, 0.3) is 0 Å². The van der Waals surface area contributed by atoms with E-state index in [2.05, 4.69) is 0 Å². The van der Waals surface area contributed by atoms with Crippen LogP contribution in [0, 0.1) is 0 Å². The molecule has 2 rings (SSSR count). The summed E-state index contributed by atoms with van der Waals surface area (Å²) in [4.78, 5) is 25.7. The number of ether oxygens (including phenoxy) is 1. The molecule has 0 saturated heterocycles. The zero-order chi connectivity index (χ0) is 15.9. The number of rotatable bonds is 6. The minimum atomic E-state index is -0.489. The van der Waals surface area contributed by atoms with Crippen molar-refractivity contribution in [3.63, 3.8) is 0 Å². The molecule has 22 heavy (non-hydrogen) atoms. The van der Waals surface area contributed by atoms with Crippen LogP contribution < -0.4 is 0 Å². The van der Waals surface area contributed by atoms with Crippen molar-refractivity contribution in [3.8, 4) is 0 Å². The van der Waals surface area contributed by atoms with E-state index in [1.165, 1.54) is 0 Å². The molecule has 0 spiro atoms. The van der Waals surface area contributed by atoms with Crippen molar-refractivity contribution in [2.24, 2.45) is 7.05 Å². The second-order valence-corrected chi connectivity index (χ2v) is 4.97. The number of hydrogen-bond acceptors (Lipinski definition) is 3. The maximum Gasteiger partial charge on any atom is 0.355 e. The molecule has 116 valence electrons. The van der Waals surface area contributed by atoms with Gasteiger partial charge in [-0.1, -0.05) is 30.3 Å². The second-order valence-electron chi connectivity index (χ2n) is 4.97. The van der Waals surface area contributed by atoms with Crippen LogP contribution in [0.5, 0.6) is 0 Å². The maximum absolute atomic E-state index is 12.2. The molecule has 1 aromatic heterocycles. The van der Waals surface area contributed by atoms with Crippen LogP contribution in [0.15, 0.2) is 48.7 Å². The van der Waals surface area contributed by atoms with Gasteiger partial charge in [0, 0.05) is 26.3 Å². The molecule has 1 heterocycles. The van der Waals surface area contributed by atoms with Crippen molar-refractivity contribution in [2.45, 2.75) is 13.5 Å². The quantitative estimate of drug-likeness (QED) is 0.769. The molecule has 1 amide bonds. The summed E-state index contributed by atoms with van der Waals surface area (Å²) in [6.45, 7) is 2.73. The summed E-state index contributed by atoms with van der Waals surface area (Å²) in [6.07, 6.45) is 1.76. The maximum atomic E-state index is 12.2. The molecule has 0 aliphatic rings. The summed E-state index contributed by atoms with van der Waals surface area (Å²) in [6, 6.07) is 13.1. The number of aromatic nitrogens is 1. The molecule has 0 radical (unpaired) electrons. The van der Waals surface area contributed by atoms with Crippen LogP contribution in [0.2, 0.25) is 0 Å². The molecule has 2 aromatic rings. The lowest BCUT2D eigenvalue weighted by atomic mass is 10.2. The van der Waals surface area contributed by atoms with Gasteiger partial charge in [-0.3, -0.25) is 4.79 Å². The molecule has 0 aliphatic carbocycles. The number of nitrogens with zero attached hydrogens (tertiary/aromatic N) is 2. The minimum absolute atomic E-state index is 0.200. The lowest BCUT2D eigenvalue weighted by Gasteiger charge is -2.20. The standard InChI is InChI=1S/C17H20N2O3/c1-3-19(12-14-8-5-4-6-9-14)16(20)13-22-17(21)15-10-7-11-18(15)2/h4-11H,3,12-13H2,1-2H3. The molecule has 5 heteroatoms. The number of benzene rings is 1. The van der Waals surface area contributed by atoms with Crippen LogP contribution in [-0.2, 0) is 23.1 Å². The molecule has 0 N–H and O–H groups in total. The Bertz CT molecular complexity index is 634. The van der Waals surface area contributed by atoms with E-state index in [1.807, 2.05) is 37.3 Å². The van der Waals surface area contributed by atoms with E-state index in [0.29, 0.717) is 18.8 Å². The average molecular weight is 300 g/mol. The first-order valence-electron chi connectivity index (χ1n) is 7.22. The lowest BCUT2D eigenvalue weighted by molar-refractivity contribution is -0.135. The Balaban J connectivity index is 1.90. The third-order valence-electron chi connectivity index (χ3n) is 3.43. The Morgan fingerprint density at radius 2 is 1.86 bits per heavy atom. The zero-order valence-corrected chi connectivity index (χ0v) is 12.9. The largest absolute Gasteiger partial charge is 0.451 e. The van der Waals surface area contributed by atoms with E-state index in [1.54, 1.807) is 34.8 Å². The van der Waals surface area contributed by atoms with Gasteiger partial charge < -0.3 is 14.2 Å². The number of carbonyl (C=O) groups excluding carboxylic acids is 2. The van der Waals surface area contributed by atoms with Gasteiger partial charge in [0.2, 0.25) is 0 Å². The lowest BCUT2D eigenvalue weighted by Crippen LogP contribution is -2.34. The first-order valence-corrected chi connectivity index (χ1v) is 7.22. The fourth-order valence-corrected chi connectivity index (χ4v) is 2.15. The zero-order valence-electron chi connectivity index (χ0n) is 12.9. The third-order valence-corrected chi connectivity index (χ3v) is 3.43. The molecule has 0 aliphatic heterocycles. The Labute approximate surface area is 130 Å². The minimum Gasteiger partial charge on any atom is -0.451 e. The van der Waals surface area contributed by atoms with Crippen molar-refractivity contribution in [2.75, 3.05) is 13.2 Å². The number of aryl methyl sites for hydroxylation is 1. The number of carbonyl (C=O) groups is 2. The van der Waals surface area contributed by atoms with Gasteiger partial charge in [0.05, 0.1) is 0 Å². The monoisotopic (exact) mass is 300 g/mol. The number of amides is 1.